The molecule has 0 aliphatic heterocycles. The van der Waals surface area contributed by atoms with Crippen molar-refractivity contribution in [2.45, 2.75) is 25.7 Å². The molecule has 0 aliphatic rings. The van der Waals surface area contributed by atoms with Crippen molar-refractivity contribution in [3.63, 3.8) is 0 Å². The van der Waals surface area contributed by atoms with E-state index in [0.29, 0.717) is 6.04 Å². The molecule has 0 aromatic carbocycles. The Balaban J connectivity index is 0. The van der Waals surface area contributed by atoms with E-state index in [1.165, 1.54) is 7.11 Å². The molecule has 10 heavy (non-hydrogen) atoms. The van der Waals surface area contributed by atoms with Gasteiger partial charge in [-0.1, -0.05) is 19.6 Å². The predicted octanol–water partition coefficient (Wildman–Crippen LogP) is 0.581. The number of hydrogen-bond donors (Lipinski definition) is 0. The van der Waals surface area contributed by atoms with Gasteiger partial charge in [-0.3, -0.25) is 4.79 Å². The number of carbonyl (C=O) groups is 1. The molecule has 0 aliphatic carbocycles. The molecule has 0 amide bonds. The monoisotopic (exact) mass is 172 g/mol. The molecular formula is C6H16MgO2Si. The molecule has 0 atom stereocenters. The van der Waals surface area contributed by atoms with E-state index in [-0.39, 0.29) is 29.0 Å². The lowest BCUT2D eigenvalue weighted by Gasteiger charge is -2.12. The SMILES string of the molecule is COC(=O)C[Si](C)(C)C.[MgH2]. The summed E-state index contributed by atoms with van der Waals surface area (Å²) >= 11 is 0. The van der Waals surface area contributed by atoms with Crippen LogP contribution < -0.4 is 0 Å². The van der Waals surface area contributed by atoms with Gasteiger partial charge in [0.25, 0.3) is 0 Å². The summed E-state index contributed by atoms with van der Waals surface area (Å²) in [5.74, 6) is -0.0748. The van der Waals surface area contributed by atoms with Crippen LogP contribution in [0.4, 0.5) is 0 Å². The average molecular weight is 173 g/mol. The lowest BCUT2D eigenvalue weighted by Crippen LogP contribution is -2.24. The fourth-order valence-electron chi connectivity index (χ4n) is 0.505. The Kier molecular flexibility index (Phi) is 6.73. The summed E-state index contributed by atoms with van der Waals surface area (Å²) < 4.78 is 4.52. The number of carbonyl (C=O) groups excluding carboxylic acids is 1. The molecule has 0 N–H and O–H groups in total. The second-order valence-corrected chi connectivity index (χ2v) is 8.79. The van der Waals surface area contributed by atoms with E-state index >= 15 is 0 Å². The molecule has 4 heteroatoms. The predicted molar refractivity (Wildman–Crippen MR) is 48.7 cm³/mol. The molecule has 0 spiro atoms. The molecule has 0 saturated carbocycles. The summed E-state index contributed by atoms with van der Waals surface area (Å²) in [6, 6.07) is 0.628. The van der Waals surface area contributed by atoms with E-state index in [2.05, 4.69) is 24.4 Å². The van der Waals surface area contributed by atoms with E-state index in [0.717, 1.165) is 0 Å². The molecule has 0 fully saturated rings. The van der Waals surface area contributed by atoms with Crippen molar-refractivity contribution in [1.82, 2.24) is 0 Å². The molecule has 0 saturated heterocycles. The zero-order valence-corrected chi connectivity index (χ0v) is 7.52. The van der Waals surface area contributed by atoms with Gasteiger partial charge in [0, 0.05) is 6.04 Å². The summed E-state index contributed by atoms with van der Waals surface area (Å²) in [7, 11) is 0.217. The number of ether oxygens (including phenoxy) is 1. The number of esters is 1. The first-order chi connectivity index (χ1) is 3.95. The highest BCUT2D eigenvalue weighted by Crippen LogP contribution is 2.07. The van der Waals surface area contributed by atoms with Crippen molar-refractivity contribution in [3.05, 3.63) is 0 Å². The fraction of sp³-hybridized carbons (Fsp3) is 0.833. The molecule has 0 aromatic heterocycles. The van der Waals surface area contributed by atoms with Crippen molar-refractivity contribution in [2.75, 3.05) is 7.11 Å². The summed E-state index contributed by atoms with van der Waals surface area (Å²) in [6.45, 7) is 6.43. The quantitative estimate of drug-likeness (QED) is 0.450. The Morgan fingerprint density at radius 3 is 1.90 bits per heavy atom. The standard InChI is InChI=1S/C6H14O2Si.Mg.2H/c1-8-6(7)5-9(2,3)4;;;/h5H2,1-4H3;;;. The van der Waals surface area contributed by atoms with Crippen LogP contribution in [0.2, 0.25) is 25.7 Å². The Morgan fingerprint density at radius 2 is 1.80 bits per heavy atom. The topological polar surface area (TPSA) is 26.3 Å². The lowest BCUT2D eigenvalue weighted by atomic mass is 10.8. The number of methoxy groups -OCH3 is 1. The molecule has 0 aromatic rings. The van der Waals surface area contributed by atoms with Gasteiger partial charge in [-0.15, -0.1) is 0 Å². The molecule has 0 unspecified atom stereocenters. The average Bonchev–Trinajstić information content (AvgIpc) is 1.62. The van der Waals surface area contributed by atoms with Gasteiger partial charge in [0.15, 0.2) is 0 Å². The third-order valence-electron chi connectivity index (χ3n) is 0.902. The van der Waals surface area contributed by atoms with Crippen molar-refractivity contribution in [2.24, 2.45) is 0 Å². The summed E-state index contributed by atoms with van der Waals surface area (Å²) in [5.41, 5.74) is 0. The normalized spacial score (nSPS) is 10.0. The van der Waals surface area contributed by atoms with Gasteiger partial charge in [0.1, 0.15) is 0 Å². The van der Waals surface area contributed by atoms with Crippen LogP contribution in [-0.4, -0.2) is 44.2 Å². The maximum Gasteiger partial charge on any atom is 0.316 e. The van der Waals surface area contributed by atoms with Crippen molar-refractivity contribution in [1.29, 1.82) is 0 Å². The van der Waals surface area contributed by atoms with Crippen LogP contribution >= 0.6 is 0 Å². The van der Waals surface area contributed by atoms with E-state index in [4.69, 9.17) is 0 Å². The zero-order valence-electron chi connectivity index (χ0n) is 6.52. The Morgan fingerprint density at radius 1 is 1.40 bits per heavy atom. The van der Waals surface area contributed by atoms with Gasteiger partial charge in [-0.2, -0.15) is 0 Å². The third kappa shape index (κ3) is 8.45. The zero-order chi connectivity index (χ0) is 7.49. The van der Waals surface area contributed by atoms with E-state index in [9.17, 15) is 4.79 Å². The van der Waals surface area contributed by atoms with Crippen LogP contribution in [0.5, 0.6) is 0 Å². The molecule has 0 bridgehead atoms. The van der Waals surface area contributed by atoms with Crippen LogP contribution in [0.25, 0.3) is 0 Å². The van der Waals surface area contributed by atoms with Gasteiger partial charge in [-0.25, -0.2) is 0 Å². The first-order valence-electron chi connectivity index (χ1n) is 3.02. The number of rotatable bonds is 2. The maximum atomic E-state index is 10.6. The van der Waals surface area contributed by atoms with Crippen LogP contribution in [-0.2, 0) is 9.53 Å². The van der Waals surface area contributed by atoms with Gasteiger partial charge < -0.3 is 4.74 Å². The van der Waals surface area contributed by atoms with Crippen molar-refractivity contribution >= 4 is 37.1 Å². The molecular weight excluding hydrogens is 156 g/mol. The van der Waals surface area contributed by atoms with Crippen LogP contribution in [0.1, 0.15) is 0 Å². The smallest absolute Gasteiger partial charge is 0.316 e. The second-order valence-electron chi connectivity index (χ2n) is 3.31. The van der Waals surface area contributed by atoms with Crippen molar-refractivity contribution < 1.29 is 9.53 Å². The molecule has 0 heterocycles. The molecule has 58 valence electrons. The first kappa shape index (κ1) is 13.1. The summed E-state index contributed by atoms with van der Waals surface area (Å²) in [4.78, 5) is 10.6. The molecule has 0 radical (unpaired) electrons. The third-order valence-corrected chi connectivity index (χ3v) is 2.25. The van der Waals surface area contributed by atoms with Crippen LogP contribution in [0.3, 0.4) is 0 Å². The first-order valence-corrected chi connectivity index (χ1v) is 6.73. The Hall–Kier alpha value is 0.453. The van der Waals surface area contributed by atoms with E-state index < -0.39 is 8.07 Å². The molecule has 0 rings (SSSR count). The maximum absolute atomic E-state index is 10.6. The highest BCUT2D eigenvalue weighted by Gasteiger charge is 2.17. The van der Waals surface area contributed by atoms with Gasteiger partial charge >= 0.3 is 29.0 Å². The summed E-state index contributed by atoms with van der Waals surface area (Å²) in [6.07, 6.45) is 0. The lowest BCUT2D eigenvalue weighted by molar-refractivity contribution is -0.138. The minimum atomic E-state index is -1.22. The largest absolute Gasteiger partial charge is 0.469 e. The Labute approximate surface area is 79.5 Å². The van der Waals surface area contributed by atoms with E-state index in [1.54, 1.807) is 0 Å². The van der Waals surface area contributed by atoms with Crippen LogP contribution in [0.15, 0.2) is 0 Å². The minimum absolute atomic E-state index is 0. The highest BCUT2D eigenvalue weighted by atomic mass is 28.3. The van der Waals surface area contributed by atoms with Crippen LogP contribution in [0, 0.1) is 0 Å². The molecule has 2 nitrogen and oxygen atoms in total. The van der Waals surface area contributed by atoms with Crippen molar-refractivity contribution in [3.8, 4) is 0 Å². The fourth-order valence-corrected chi connectivity index (χ4v) is 1.52. The highest BCUT2D eigenvalue weighted by molar-refractivity contribution is 6.78. The second kappa shape index (κ2) is 5.15. The summed E-state index contributed by atoms with van der Waals surface area (Å²) in [5, 5.41) is 0. The number of hydrogen-bond acceptors (Lipinski definition) is 2. The Bertz CT molecular complexity index is 109. The van der Waals surface area contributed by atoms with Gasteiger partial charge in [0.2, 0.25) is 0 Å². The van der Waals surface area contributed by atoms with Gasteiger partial charge in [-0.05, 0) is 0 Å². The van der Waals surface area contributed by atoms with Gasteiger partial charge in [0.05, 0.1) is 15.2 Å². The van der Waals surface area contributed by atoms with E-state index in [1.807, 2.05) is 0 Å². The minimum Gasteiger partial charge on any atom is -0.469 e.